The van der Waals surface area contributed by atoms with Gasteiger partial charge in [-0.05, 0) is 51.1 Å². The molecule has 2 aliphatic heterocycles. The van der Waals surface area contributed by atoms with Crippen LogP contribution in [0.5, 0.6) is 0 Å². The van der Waals surface area contributed by atoms with Crippen LogP contribution in [-0.4, -0.2) is 65.7 Å². The highest BCUT2D eigenvalue weighted by atomic mass is 32.2. The van der Waals surface area contributed by atoms with E-state index in [-0.39, 0.29) is 5.56 Å². The zero-order chi connectivity index (χ0) is 18.1. The predicted octanol–water partition coefficient (Wildman–Crippen LogP) is 0.868. The molecule has 0 atom stereocenters. The number of likely N-dealkylation sites (tertiary alicyclic amines) is 1. The smallest absolute Gasteiger partial charge is 0.253 e. The van der Waals surface area contributed by atoms with E-state index in [0.29, 0.717) is 30.7 Å². The van der Waals surface area contributed by atoms with Gasteiger partial charge in [0.1, 0.15) is 0 Å². The third-order valence-electron chi connectivity index (χ3n) is 5.93. The molecule has 8 heteroatoms. The van der Waals surface area contributed by atoms with E-state index in [9.17, 15) is 13.2 Å². The highest BCUT2D eigenvalue weighted by Crippen LogP contribution is 2.38. The Hall–Kier alpha value is -1.25. The molecule has 3 fully saturated rings. The molecule has 0 N–H and O–H groups in total. The van der Waals surface area contributed by atoms with Crippen LogP contribution in [0.3, 0.4) is 0 Å². The molecule has 4 rings (SSSR count). The Labute approximate surface area is 155 Å². The molecule has 0 bridgehead atoms. The van der Waals surface area contributed by atoms with Gasteiger partial charge in [0.15, 0.2) is 0 Å². The van der Waals surface area contributed by atoms with Gasteiger partial charge in [-0.15, -0.1) is 0 Å². The Bertz CT molecular complexity index is 795. The van der Waals surface area contributed by atoms with Crippen molar-refractivity contribution in [3.8, 4) is 0 Å². The molecule has 1 aliphatic carbocycles. The maximum atomic E-state index is 12.3. The van der Waals surface area contributed by atoms with Crippen molar-refractivity contribution in [2.75, 3.05) is 38.5 Å². The molecule has 0 unspecified atom stereocenters. The van der Waals surface area contributed by atoms with Crippen molar-refractivity contribution in [3.05, 3.63) is 28.4 Å². The van der Waals surface area contributed by atoms with Crippen LogP contribution in [0, 0.1) is 5.92 Å². The Morgan fingerprint density at radius 1 is 1.08 bits per heavy atom. The van der Waals surface area contributed by atoms with Gasteiger partial charge in [-0.1, -0.05) is 0 Å². The minimum Gasteiger partial charge on any atom is -0.302 e. The molecule has 3 aliphatic rings. The third-order valence-corrected chi connectivity index (χ3v) is 7.88. The maximum absolute atomic E-state index is 12.3. The number of rotatable bonds is 6. The Kier molecular flexibility index (Phi) is 5.16. The van der Waals surface area contributed by atoms with E-state index < -0.39 is 10.0 Å². The summed E-state index contributed by atoms with van der Waals surface area (Å²) in [5, 5.41) is 0. The first-order valence-corrected chi connectivity index (χ1v) is 11.4. The lowest BCUT2D eigenvalue weighted by Crippen LogP contribution is -2.41. The zero-order valence-electron chi connectivity index (χ0n) is 15.2. The SMILES string of the molecule is O=c1cc(C2CC2)ncn1CC1CCN(CCN2CCCS2(=O)=O)CC1. The number of hydrogen-bond acceptors (Lipinski definition) is 5. The van der Waals surface area contributed by atoms with Gasteiger partial charge in [0.05, 0.1) is 17.8 Å². The van der Waals surface area contributed by atoms with E-state index in [0.717, 1.165) is 64.0 Å². The van der Waals surface area contributed by atoms with E-state index >= 15 is 0 Å². The molecule has 1 saturated carbocycles. The van der Waals surface area contributed by atoms with Crippen LogP contribution in [-0.2, 0) is 16.6 Å². The van der Waals surface area contributed by atoms with Gasteiger partial charge in [0.25, 0.3) is 5.56 Å². The van der Waals surface area contributed by atoms with Crippen molar-refractivity contribution in [1.82, 2.24) is 18.8 Å². The van der Waals surface area contributed by atoms with Crippen LogP contribution in [0.2, 0.25) is 0 Å². The number of sulfonamides is 1. The first-order valence-electron chi connectivity index (χ1n) is 9.78. The standard InChI is InChI=1S/C18H28N4O3S/c23-18-12-17(16-2-3-16)19-14-21(18)13-15-4-7-20(8-5-15)9-10-22-6-1-11-26(22,24)25/h12,14-16H,1-11,13H2. The van der Waals surface area contributed by atoms with Crippen LogP contribution < -0.4 is 5.56 Å². The molecule has 0 amide bonds. The summed E-state index contributed by atoms with van der Waals surface area (Å²) in [6.07, 6.45) is 6.89. The maximum Gasteiger partial charge on any atom is 0.253 e. The lowest BCUT2D eigenvalue weighted by atomic mass is 9.96. The van der Waals surface area contributed by atoms with Gasteiger partial charge in [-0.25, -0.2) is 17.7 Å². The number of aromatic nitrogens is 2. The Morgan fingerprint density at radius 2 is 1.85 bits per heavy atom. The summed E-state index contributed by atoms with van der Waals surface area (Å²) in [4.78, 5) is 19.1. The summed E-state index contributed by atoms with van der Waals surface area (Å²) in [7, 11) is -2.99. The molecule has 0 spiro atoms. The monoisotopic (exact) mass is 380 g/mol. The van der Waals surface area contributed by atoms with Gasteiger partial charge in [0.2, 0.25) is 10.0 Å². The van der Waals surface area contributed by atoms with E-state index in [1.807, 2.05) is 0 Å². The molecule has 1 aromatic heterocycles. The molecule has 0 radical (unpaired) electrons. The van der Waals surface area contributed by atoms with Gasteiger partial charge in [-0.3, -0.25) is 9.36 Å². The Morgan fingerprint density at radius 3 is 2.46 bits per heavy atom. The predicted molar refractivity (Wildman–Crippen MR) is 99.6 cm³/mol. The lowest BCUT2D eigenvalue weighted by molar-refractivity contribution is 0.165. The summed E-state index contributed by atoms with van der Waals surface area (Å²) in [5.41, 5.74) is 1.03. The summed E-state index contributed by atoms with van der Waals surface area (Å²) in [6, 6.07) is 1.71. The Balaban J connectivity index is 1.24. The van der Waals surface area contributed by atoms with Crippen molar-refractivity contribution < 1.29 is 8.42 Å². The summed E-state index contributed by atoms with van der Waals surface area (Å²) in [5.74, 6) is 1.31. The second-order valence-electron chi connectivity index (χ2n) is 7.93. The quantitative estimate of drug-likeness (QED) is 0.732. The van der Waals surface area contributed by atoms with Crippen LogP contribution in [0.25, 0.3) is 0 Å². The average Bonchev–Trinajstić information content (AvgIpc) is 3.40. The van der Waals surface area contributed by atoms with Crippen LogP contribution in [0.4, 0.5) is 0 Å². The molecule has 144 valence electrons. The third kappa shape index (κ3) is 4.18. The number of nitrogens with zero attached hydrogens (tertiary/aromatic N) is 4. The largest absolute Gasteiger partial charge is 0.302 e. The van der Waals surface area contributed by atoms with Crippen molar-refractivity contribution in [2.24, 2.45) is 5.92 Å². The highest BCUT2D eigenvalue weighted by molar-refractivity contribution is 7.89. The molecule has 1 aromatic rings. The first-order chi connectivity index (χ1) is 12.5. The van der Waals surface area contributed by atoms with Gasteiger partial charge < -0.3 is 4.90 Å². The second-order valence-corrected chi connectivity index (χ2v) is 10.0. The normalized spacial score (nSPS) is 24.9. The first kappa shape index (κ1) is 18.1. The fourth-order valence-electron chi connectivity index (χ4n) is 4.05. The van der Waals surface area contributed by atoms with E-state index in [1.165, 1.54) is 0 Å². The minimum atomic E-state index is -2.99. The molecular weight excluding hydrogens is 352 g/mol. The summed E-state index contributed by atoms with van der Waals surface area (Å²) in [6.45, 7) is 4.78. The van der Waals surface area contributed by atoms with Crippen molar-refractivity contribution in [2.45, 2.75) is 44.6 Å². The molecule has 7 nitrogen and oxygen atoms in total. The minimum absolute atomic E-state index is 0.0727. The molecular formula is C18H28N4O3S. The lowest BCUT2D eigenvalue weighted by Gasteiger charge is -2.32. The van der Waals surface area contributed by atoms with Crippen molar-refractivity contribution >= 4 is 10.0 Å². The molecule has 0 aromatic carbocycles. The second kappa shape index (κ2) is 7.40. The number of piperidine rings is 1. The van der Waals surface area contributed by atoms with Crippen LogP contribution in [0.15, 0.2) is 17.2 Å². The van der Waals surface area contributed by atoms with Gasteiger partial charge >= 0.3 is 0 Å². The van der Waals surface area contributed by atoms with Gasteiger partial charge in [-0.2, -0.15) is 0 Å². The molecule has 26 heavy (non-hydrogen) atoms. The highest BCUT2D eigenvalue weighted by Gasteiger charge is 2.29. The fraction of sp³-hybridized carbons (Fsp3) is 0.778. The van der Waals surface area contributed by atoms with Crippen LogP contribution in [0.1, 0.15) is 43.7 Å². The van der Waals surface area contributed by atoms with Crippen molar-refractivity contribution in [1.29, 1.82) is 0 Å². The van der Waals surface area contributed by atoms with E-state index in [4.69, 9.17) is 0 Å². The topological polar surface area (TPSA) is 75.5 Å². The number of hydrogen-bond donors (Lipinski definition) is 0. The summed E-state index contributed by atoms with van der Waals surface area (Å²) >= 11 is 0. The van der Waals surface area contributed by atoms with E-state index in [1.54, 1.807) is 21.3 Å². The average molecular weight is 381 g/mol. The fourth-order valence-corrected chi connectivity index (χ4v) is 5.56. The van der Waals surface area contributed by atoms with E-state index in [2.05, 4.69) is 9.88 Å². The molecule has 3 heterocycles. The molecule has 2 saturated heterocycles. The van der Waals surface area contributed by atoms with Crippen molar-refractivity contribution in [3.63, 3.8) is 0 Å². The summed E-state index contributed by atoms with van der Waals surface area (Å²) < 4.78 is 27.1. The zero-order valence-corrected chi connectivity index (χ0v) is 16.0. The van der Waals surface area contributed by atoms with Gasteiger partial charge in [0, 0.05) is 38.2 Å². The van der Waals surface area contributed by atoms with Crippen LogP contribution >= 0.6 is 0 Å².